The zero-order valence-corrected chi connectivity index (χ0v) is 16.5. The number of pyridine rings is 1. The fourth-order valence-corrected chi connectivity index (χ4v) is 4.32. The number of nitrogens with zero attached hydrogens (tertiary/aromatic N) is 2. The van der Waals surface area contributed by atoms with Crippen LogP contribution in [0.15, 0.2) is 53.6 Å². The highest BCUT2D eigenvalue weighted by molar-refractivity contribution is 7.92. The van der Waals surface area contributed by atoms with E-state index in [4.69, 9.17) is 0 Å². The van der Waals surface area contributed by atoms with Gasteiger partial charge in [-0.05, 0) is 42.8 Å². The Bertz CT molecular complexity index is 1060. The van der Waals surface area contributed by atoms with Crippen molar-refractivity contribution in [3.8, 4) is 0 Å². The molecule has 0 spiro atoms. The molecule has 0 saturated carbocycles. The van der Waals surface area contributed by atoms with Crippen LogP contribution >= 0.6 is 11.3 Å². The van der Waals surface area contributed by atoms with Gasteiger partial charge in [0.15, 0.2) is 5.13 Å². The van der Waals surface area contributed by atoms with Crippen LogP contribution in [0.4, 0.5) is 16.6 Å². The normalized spacial score (nSPS) is 11.2. The summed E-state index contributed by atoms with van der Waals surface area (Å²) < 4.78 is 27.2. The van der Waals surface area contributed by atoms with Gasteiger partial charge in [-0.15, -0.1) is 0 Å². The first-order chi connectivity index (χ1) is 13.4. The van der Waals surface area contributed by atoms with Gasteiger partial charge in [0.05, 0.1) is 10.6 Å². The second-order valence-electron chi connectivity index (χ2n) is 5.82. The van der Waals surface area contributed by atoms with E-state index in [9.17, 15) is 18.3 Å². The van der Waals surface area contributed by atoms with E-state index in [-0.39, 0.29) is 15.6 Å². The number of aromatic nitrogens is 2. The molecule has 0 radical (unpaired) electrons. The maximum atomic E-state index is 12.4. The molecule has 2 heterocycles. The maximum Gasteiger partial charge on any atom is 0.347 e. The molecule has 3 N–H and O–H groups in total. The van der Waals surface area contributed by atoms with Crippen LogP contribution in [0.3, 0.4) is 0 Å². The van der Waals surface area contributed by atoms with Crippen molar-refractivity contribution < 1.29 is 18.3 Å². The molecule has 0 atom stereocenters. The summed E-state index contributed by atoms with van der Waals surface area (Å²) >= 11 is 1.05. The maximum absolute atomic E-state index is 12.4. The number of anilines is 3. The second kappa shape index (κ2) is 8.36. The fraction of sp³-hybridized carbons (Fsp3) is 0.167. The summed E-state index contributed by atoms with van der Waals surface area (Å²) in [6.07, 6.45) is 2.87. The Balaban J connectivity index is 1.76. The van der Waals surface area contributed by atoms with Gasteiger partial charge in [0, 0.05) is 11.9 Å². The standard InChI is InChI=1S/C18H18N4O4S2/c1-2-5-14-16(17(23)24)27-18(21-14)20-12-7-9-13(10-8-12)28(25,26)22-15-6-3-4-11-19-15/h3-4,6-11H,2,5H2,1H3,(H,19,22)(H,20,21)(H,23,24). The molecule has 0 amide bonds. The fourth-order valence-electron chi connectivity index (χ4n) is 2.44. The number of nitrogens with one attached hydrogen (secondary N) is 2. The summed E-state index contributed by atoms with van der Waals surface area (Å²) in [4.78, 5) is 19.9. The number of rotatable bonds is 8. The number of hydrogen-bond donors (Lipinski definition) is 3. The average molecular weight is 419 g/mol. The minimum atomic E-state index is -3.76. The number of carboxylic acid groups (broad SMARTS) is 1. The van der Waals surface area contributed by atoms with Gasteiger partial charge < -0.3 is 10.4 Å². The zero-order valence-electron chi connectivity index (χ0n) is 14.9. The monoisotopic (exact) mass is 418 g/mol. The van der Waals surface area contributed by atoms with Crippen molar-refractivity contribution in [2.24, 2.45) is 0 Å². The Labute approximate surface area is 166 Å². The van der Waals surface area contributed by atoms with Crippen LogP contribution in [0.1, 0.15) is 28.7 Å². The molecular formula is C18H18N4O4S2. The van der Waals surface area contributed by atoms with Crippen molar-refractivity contribution in [1.29, 1.82) is 0 Å². The van der Waals surface area contributed by atoms with Gasteiger partial charge >= 0.3 is 5.97 Å². The minimum Gasteiger partial charge on any atom is -0.477 e. The summed E-state index contributed by atoms with van der Waals surface area (Å²) in [5, 5.41) is 12.8. The van der Waals surface area contributed by atoms with Gasteiger partial charge in [-0.1, -0.05) is 30.7 Å². The van der Waals surface area contributed by atoms with Gasteiger partial charge in [0.2, 0.25) is 0 Å². The highest BCUT2D eigenvalue weighted by Gasteiger charge is 2.18. The molecule has 3 rings (SSSR count). The molecular weight excluding hydrogens is 400 g/mol. The largest absolute Gasteiger partial charge is 0.477 e. The Kier molecular flexibility index (Phi) is 5.90. The smallest absolute Gasteiger partial charge is 0.347 e. The number of sulfonamides is 1. The molecule has 146 valence electrons. The van der Waals surface area contributed by atoms with Gasteiger partial charge in [-0.2, -0.15) is 0 Å². The molecule has 28 heavy (non-hydrogen) atoms. The number of hydrogen-bond acceptors (Lipinski definition) is 7. The van der Waals surface area contributed by atoms with Crippen LogP contribution in [0.2, 0.25) is 0 Å². The van der Waals surface area contributed by atoms with Crippen LogP contribution < -0.4 is 10.0 Å². The number of aromatic carboxylic acids is 1. The van der Waals surface area contributed by atoms with Crippen molar-refractivity contribution >= 4 is 44.0 Å². The summed E-state index contributed by atoms with van der Waals surface area (Å²) in [5.41, 5.74) is 1.15. The molecule has 2 aromatic heterocycles. The minimum absolute atomic E-state index is 0.0840. The molecule has 0 saturated heterocycles. The van der Waals surface area contributed by atoms with E-state index in [2.05, 4.69) is 20.0 Å². The molecule has 0 bridgehead atoms. The lowest BCUT2D eigenvalue weighted by atomic mass is 10.2. The van der Waals surface area contributed by atoms with Gasteiger partial charge in [0.25, 0.3) is 10.0 Å². The first-order valence-electron chi connectivity index (χ1n) is 8.43. The second-order valence-corrected chi connectivity index (χ2v) is 8.50. The lowest BCUT2D eigenvalue weighted by molar-refractivity contribution is 0.0700. The molecule has 3 aromatic rings. The van der Waals surface area contributed by atoms with Crippen LogP contribution in [0.25, 0.3) is 0 Å². The Morgan fingerprint density at radius 1 is 1.18 bits per heavy atom. The van der Waals surface area contributed by atoms with Crippen molar-refractivity contribution in [1.82, 2.24) is 9.97 Å². The van der Waals surface area contributed by atoms with E-state index in [1.807, 2.05) is 6.92 Å². The quantitative estimate of drug-likeness (QED) is 0.509. The molecule has 0 aliphatic heterocycles. The Morgan fingerprint density at radius 3 is 2.54 bits per heavy atom. The number of carbonyl (C=O) groups is 1. The third-order valence-electron chi connectivity index (χ3n) is 3.70. The first kappa shape index (κ1) is 19.8. The van der Waals surface area contributed by atoms with Crippen molar-refractivity contribution in [2.45, 2.75) is 24.7 Å². The Morgan fingerprint density at radius 2 is 1.93 bits per heavy atom. The lowest BCUT2D eigenvalue weighted by Gasteiger charge is -2.08. The molecule has 0 aliphatic carbocycles. The SMILES string of the molecule is CCCc1nc(Nc2ccc(S(=O)(=O)Nc3ccccn3)cc2)sc1C(=O)O. The van der Waals surface area contributed by atoms with Crippen molar-refractivity contribution in [3.05, 3.63) is 59.2 Å². The van der Waals surface area contributed by atoms with E-state index in [1.54, 1.807) is 30.3 Å². The number of thiazole rings is 1. The summed E-state index contributed by atoms with van der Waals surface area (Å²) in [6.45, 7) is 1.95. The summed E-state index contributed by atoms with van der Waals surface area (Å²) in [6, 6.07) is 11.0. The molecule has 10 heteroatoms. The first-order valence-corrected chi connectivity index (χ1v) is 10.7. The molecule has 0 unspecified atom stereocenters. The highest BCUT2D eigenvalue weighted by Crippen LogP contribution is 2.27. The van der Waals surface area contributed by atoms with Crippen LogP contribution in [-0.2, 0) is 16.4 Å². The highest BCUT2D eigenvalue weighted by atomic mass is 32.2. The lowest BCUT2D eigenvalue weighted by Crippen LogP contribution is -2.13. The third kappa shape index (κ3) is 4.65. The predicted molar refractivity (Wildman–Crippen MR) is 108 cm³/mol. The number of benzene rings is 1. The Hall–Kier alpha value is -2.98. The van der Waals surface area contributed by atoms with Crippen LogP contribution in [-0.4, -0.2) is 29.5 Å². The summed E-state index contributed by atoms with van der Waals surface area (Å²) in [7, 11) is -3.76. The number of aryl methyl sites for hydroxylation is 1. The zero-order chi connectivity index (χ0) is 20.1. The summed E-state index contributed by atoms with van der Waals surface area (Å²) in [5.74, 6) is -0.770. The van der Waals surface area contributed by atoms with Crippen LogP contribution in [0, 0.1) is 0 Å². The predicted octanol–water partition coefficient (Wildman–Crippen LogP) is 3.73. The molecule has 0 fully saturated rings. The molecule has 0 aliphatic rings. The van der Waals surface area contributed by atoms with Crippen molar-refractivity contribution in [3.63, 3.8) is 0 Å². The van der Waals surface area contributed by atoms with E-state index in [0.29, 0.717) is 22.9 Å². The van der Waals surface area contributed by atoms with E-state index in [0.717, 1.165) is 17.8 Å². The van der Waals surface area contributed by atoms with Crippen LogP contribution in [0.5, 0.6) is 0 Å². The van der Waals surface area contributed by atoms with Gasteiger partial charge in [-0.25, -0.2) is 23.2 Å². The van der Waals surface area contributed by atoms with E-state index >= 15 is 0 Å². The molecule has 8 nitrogen and oxygen atoms in total. The number of carboxylic acids is 1. The van der Waals surface area contributed by atoms with Gasteiger partial charge in [-0.3, -0.25) is 4.72 Å². The molecule has 1 aromatic carbocycles. The van der Waals surface area contributed by atoms with Crippen molar-refractivity contribution in [2.75, 3.05) is 10.0 Å². The topological polar surface area (TPSA) is 121 Å². The van der Waals surface area contributed by atoms with E-state index in [1.165, 1.54) is 18.3 Å². The van der Waals surface area contributed by atoms with Gasteiger partial charge in [0.1, 0.15) is 10.7 Å². The average Bonchev–Trinajstić information content (AvgIpc) is 3.06. The third-order valence-corrected chi connectivity index (χ3v) is 6.07. The van der Waals surface area contributed by atoms with E-state index < -0.39 is 16.0 Å².